The lowest BCUT2D eigenvalue weighted by atomic mass is 10.1. The molecule has 1 aromatic heterocycles. The standard InChI is InChI=1S/C23H21F3N2O3/c1-31-22-17(14-27-19-10-2-15(3-11-19)4-13-21(29)30)7-12-20(28-22)16-5-8-18(9-6-16)23(24,25)26/h2-3,5-12,27H,4,13-14H2,1H3,(H,29,30). The van der Waals surface area contributed by atoms with Crippen molar-refractivity contribution < 1.29 is 27.8 Å². The number of halogens is 3. The molecule has 3 aromatic rings. The van der Waals surface area contributed by atoms with Gasteiger partial charge in [0.15, 0.2) is 0 Å². The van der Waals surface area contributed by atoms with Gasteiger partial charge in [-0.1, -0.05) is 24.3 Å². The fourth-order valence-electron chi connectivity index (χ4n) is 3.01. The molecule has 2 N–H and O–H groups in total. The third-order valence-electron chi connectivity index (χ3n) is 4.70. The molecule has 1 heterocycles. The first-order chi connectivity index (χ1) is 14.8. The van der Waals surface area contributed by atoms with E-state index in [1.165, 1.54) is 19.2 Å². The summed E-state index contributed by atoms with van der Waals surface area (Å²) in [5, 5.41) is 12.0. The predicted octanol–water partition coefficient (Wildman–Crippen LogP) is 5.41. The first-order valence-electron chi connectivity index (χ1n) is 9.52. The number of rotatable bonds is 8. The average molecular weight is 430 g/mol. The molecule has 0 saturated carbocycles. The number of aryl methyl sites for hydroxylation is 1. The molecule has 5 nitrogen and oxygen atoms in total. The monoisotopic (exact) mass is 430 g/mol. The van der Waals surface area contributed by atoms with E-state index in [1.807, 2.05) is 30.3 Å². The molecule has 2 aromatic carbocycles. The van der Waals surface area contributed by atoms with Gasteiger partial charge in [-0.05, 0) is 48.4 Å². The summed E-state index contributed by atoms with van der Waals surface area (Å²) in [7, 11) is 1.49. The second-order valence-corrected chi connectivity index (χ2v) is 6.88. The summed E-state index contributed by atoms with van der Waals surface area (Å²) in [6.07, 6.45) is -3.83. The van der Waals surface area contributed by atoms with Gasteiger partial charge in [0.25, 0.3) is 0 Å². The van der Waals surface area contributed by atoms with E-state index in [9.17, 15) is 18.0 Å². The van der Waals surface area contributed by atoms with E-state index in [0.29, 0.717) is 30.1 Å². The van der Waals surface area contributed by atoms with Crippen LogP contribution in [-0.4, -0.2) is 23.2 Å². The number of anilines is 1. The zero-order valence-electron chi connectivity index (χ0n) is 16.7. The molecule has 0 aliphatic heterocycles. The summed E-state index contributed by atoms with van der Waals surface area (Å²) in [6, 6.07) is 15.8. The number of hydrogen-bond donors (Lipinski definition) is 2. The maximum absolute atomic E-state index is 12.7. The molecule has 0 bridgehead atoms. The fourth-order valence-corrected chi connectivity index (χ4v) is 3.01. The topological polar surface area (TPSA) is 71.5 Å². The van der Waals surface area contributed by atoms with Crippen molar-refractivity contribution in [3.05, 3.63) is 77.4 Å². The number of benzene rings is 2. The molecule has 3 rings (SSSR count). The number of methoxy groups -OCH3 is 1. The van der Waals surface area contributed by atoms with Gasteiger partial charge >= 0.3 is 12.1 Å². The Balaban J connectivity index is 1.68. The lowest BCUT2D eigenvalue weighted by Crippen LogP contribution is -2.05. The van der Waals surface area contributed by atoms with Crippen LogP contribution in [0.4, 0.5) is 18.9 Å². The highest BCUT2D eigenvalue weighted by Crippen LogP contribution is 2.31. The van der Waals surface area contributed by atoms with Crippen molar-refractivity contribution in [3.8, 4) is 17.1 Å². The van der Waals surface area contributed by atoms with E-state index in [2.05, 4.69) is 10.3 Å². The summed E-state index contributed by atoms with van der Waals surface area (Å²) in [4.78, 5) is 15.1. The Hall–Kier alpha value is -3.55. The van der Waals surface area contributed by atoms with Crippen molar-refractivity contribution in [1.29, 1.82) is 0 Å². The van der Waals surface area contributed by atoms with E-state index >= 15 is 0 Å². The van der Waals surface area contributed by atoms with Gasteiger partial charge in [0, 0.05) is 29.8 Å². The van der Waals surface area contributed by atoms with E-state index in [-0.39, 0.29) is 6.42 Å². The minimum absolute atomic E-state index is 0.0843. The predicted molar refractivity (Wildman–Crippen MR) is 111 cm³/mol. The van der Waals surface area contributed by atoms with Gasteiger partial charge in [-0.2, -0.15) is 13.2 Å². The first-order valence-corrected chi connectivity index (χ1v) is 9.52. The summed E-state index contributed by atoms with van der Waals surface area (Å²) in [5.41, 5.74) is 2.94. The van der Waals surface area contributed by atoms with Gasteiger partial charge in [0.05, 0.1) is 18.4 Å². The molecule has 0 spiro atoms. The molecule has 0 radical (unpaired) electrons. The zero-order chi connectivity index (χ0) is 22.4. The Kier molecular flexibility index (Phi) is 6.79. The smallest absolute Gasteiger partial charge is 0.416 e. The number of aromatic nitrogens is 1. The molecule has 0 aliphatic rings. The van der Waals surface area contributed by atoms with Crippen molar-refractivity contribution in [1.82, 2.24) is 4.98 Å². The Morgan fingerprint density at radius 2 is 1.71 bits per heavy atom. The maximum Gasteiger partial charge on any atom is 0.416 e. The van der Waals surface area contributed by atoms with Crippen molar-refractivity contribution in [2.24, 2.45) is 0 Å². The van der Waals surface area contributed by atoms with Crippen LogP contribution >= 0.6 is 0 Å². The molecule has 0 unspecified atom stereocenters. The number of aliphatic carboxylic acids is 1. The van der Waals surface area contributed by atoms with Crippen LogP contribution in [0.15, 0.2) is 60.7 Å². The van der Waals surface area contributed by atoms with E-state index in [0.717, 1.165) is 28.9 Å². The molecule has 0 amide bonds. The number of nitrogens with one attached hydrogen (secondary N) is 1. The SMILES string of the molecule is COc1nc(-c2ccc(C(F)(F)F)cc2)ccc1CNc1ccc(CCC(=O)O)cc1. The molecule has 0 fully saturated rings. The molecular formula is C23H21F3N2O3. The highest BCUT2D eigenvalue weighted by Gasteiger charge is 2.30. The third kappa shape index (κ3) is 5.97. The second-order valence-electron chi connectivity index (χ2n) is 6.88. The largest absolute Gasteiger partial charge is 0.481 e. The minimum Gasteiger partial charge on any atom is -0.481 e. The lowest BCUT2D eigenvalue weighted by molar-refractivity contribution is -0.138. The maximum atomic E-state index is 12.7. The van der Waals surface area contributed by atoms with Crippen LogP contribution in [0.25, 0.3) is 11.3 Å². The van der Waals surface area contributed by atoms with E-state index in [1.54, 1.807) is 6.07 Å². The van der Waals surface area contributed by atoms with Crippen LogP contribution in [0.2, 0.25) is 0 Å². The Labute approximate surface area is 177 Å². The highest BCUT2D eigenvalue weighted by molar-refractivity contribution is 5.67. The van der Waals surface area contributed by atoms with Crippen molar-refractivity contribution in [2.75, 3.05) is 12.4 Å². The Bertz CT molecular complexity index is 1030. The van der Waals surface area contributed by atoms with Gasteiger partial charge < -0.3 is 15.2 Å². The third-order valence-corrected chi connectivity index (χ3v) is 4.70. The number of alkyl halides is 3. The summed E-state index contributed by atoms with van der Waals surface area (Å²) < 4.78 is 43.6. The van der Waals surface area contributed by atoms with Crippen LogP contribution in [-0.2, 0) is 23.9 Å². The number of carboxylic acid groups (broad SMARTS) is 1. The Morgan fingerprint density at radius 3 is 2.29 bits per heavy atom. The van der Waals surface area contributed by atoms with Gasteiger partial charge in [0.2, 0.25) is 5.88 Å². The highest BCUT2D eigenvalue weighted by atomic mass is 19.4. The Morgan fingerprint density at radius 1 is 1.03 bits per heavy atom. The van der Waals surface area contributed by atoms with Crippen LogP contribution in [0.3, 0.4) is 0 Å². The van der Waals surface area contributed by atoms with Gasteiger partial charge in [0.1, 0.15) is 0 Å². The minimum atomic E-state index is -4.38. The molecule has 0 atom stereocenters. The van der Waals surface area contributed by atoms with Gasteiger partial charge in [-0.15, -0.1) is 0 Å². The molecule has 8 heteroatoms. The van der Waals surface area contributed by atoms with Crippen molar-refractivity contribution >= 4 is 11.7 Å². The number of nitrogens with zero attached hydrogens (tertiary/aromatic N) is 1. The van der Waals surface area contributed by atoms with E-state index < -0.39 is 17.7 Å². The normalized spacial score (nSPS) is 11.2. The van der Waals surface area contributed by atoms with Crippen LogP contribution in [0.1, 0.15) is 23.1 Å². The quantitative estimate of drug-likeness (QED) is 0.500. The molecular weight excluding hydrogens is 409 g/mol. The first kappa shape index (κ1) is 22.1. The van der Waals surface area contributed by atoms with E-state index in [4.69, 9.17) is 9.84 Å². The number of pyridine rings is 1. The number of hydrogen-bond acceptors (Lipinski definition) is 4. The second kappa shape index (κ2) is 9.51. The number of carboxylic acids is 1. The van der Waals surface area contributed by atoms with Crippen LogP contribution < -0.4 is 10.1 Å². The zero-order valence-corrected chi connectivity index (χ0v) is 16.7. The number of carbonyl (C=O) groups is 1. The molecule has 0 saturated heterocycles. The molecule has 162 valence electrons. The average Bonchev–Trinajstić information content (AvgIpc) is 2.76. The lowest BCUT2D eigenvalue weighted by Gasteiger charge is -2.12. The molecule has 31 heavy (non-hydrogen) atoms. The summed E-state index contributed by atoms with van der Waals surface area (Å²) >= 11 is 0. The van der Waals surface area contributed by atoms with Crippen molar-refractivity contribution in [3.63, 3.8) is 0 Å². The fraction of sp³-hybridized carbons (Fsp3) is 0.217. The summed E-state index contributed by atoms with van der Waals surface area (Å²) in [5.74, 6) is -0.454. The summed E-state index contributed by atoms with van der Waals surface area (Å²) in [6.45, 7) is 0.429. The van der Waals surface area contributed by atoms with Crippen molar-refractivity contribution in [2.45, 2.75) is 25.6 Å². The van der Waals surface area contributed by atoms with Crippen LogP contribution in [0, 0.1) is 0 Å². The van der Waals surface area contributed by atoms with Crippen LogP contribution in [0.5, 0.6) is 5.88 Å². The molecule has 0 aliphatic carbocycles. The van der Waals surface area contributed by atoms with Gasteiger partial charge in [-0.25, -0.2) is 4.98 Å². The number of ether oxygens (including phenoxy) is 1. The van der Waals surface area contributed by atoms with Gasteiger partial charge in [-0.3, -0.25) is 4.79 Å².